The second-order valence-electron chi connectivity index (χ2n) is 15.5. The molecule has 0 saturated heterocycles. The summed E-state index contributed by atoms with van der Waals surface area (Å²) in [6.45, 7) is 0. The minimum Gasteiger partial charge on any atom is -0.504 e. The molecule has 0 bridgehead atoms. The van der Waals surface area contributed by atoms with Crippen molar-refractivity contribution >= 4 is 76.2 Å². The third-order valence-corrected chi connectivity index (χ3v) is 12.2. The maximum absolute atomic E-state index is 11.2. The summed E-state index contributed by atoms with van der Waals surface area (Å²) in [6.07, 6.45) is 0. The van der Waals surface area contributed by atoms with Crippen molar-refractivity contribution in [1.29, 1.82) is 0 Å². The smallest absolute Gasteiger partial charge is 0.208 e. The molecule has 0 fully saturated rings. The second kappa shape index (κ2) is 12.8. The number of rotatable bonds is 4. The van der Waals surface area contributed by atoms with Crippen molar-refractivity contribution in [3.05, 3.63) is 164 Å². The fourth-order valence-electron chi connectivity index (χ4n) is 9.50. The van der Waals surface area contributed by atoms with E-state index in [1.54, 1.807) is 0 Å². The molecule has 10 aromatic carbocycles. The first-order valence-corrected chi connectivity index (χ1v) is 19.9. The minimum absolute atomic E-state index is 0.194. The number of fused-ring (bicyclic) bond motifs is 9. The molecule has 5 N–H and O–H groups in total. The van der Waals surface area contributed by atoms with Crippen LogP contribution >= 0.6 is 0 Å². The monoisotopic (exact) mass is 792 g/mol. The van der Waals surface area contributed by atoms with Gasteiger partial charge in [0.15, 0.2) is 11.5 Å². The average molecular weight is 793 g/mol. The van der Waals surface area contributed by atoms with Crippen molar-refractivity contribution in [1.82, 2.24) is 0 Å². The van der Waals surface area contributed by atoms with E-state index in [0.29, 0.717) is 16.3 Å². The predicted molar refractivity (Wildman–Crippen MR) is 244 cm³/mol. The summed E-state index contributed by atoms with van der Waals surface area (Å²) >= 11 is 0. The van der Waals surface area contributed by atoms with Crippen LogP contribution in [-0.4, -0.2) is 25.5 Å². The molecule has 2 aromatic heterocycles. The quantitative estimate of drug-likeness (QED) is 0.0682. The fourth-order valence-corrected chi connectivity index (χ4v) is 9.50. The Kier molecular flexibility index (Phi) is 7.25. The lowest BCUT2D eigenvalue weighted by atomic mass is 9.83. The first-order valence-electron chi connectivity index (χ1n) is 19.9. The Labute approximate surface area is 346 Å². The third-order valence-electron chi connectivity index (χ3n) is 12.2. The number of phenolic OH excluding ortho intramolecular Hbond substituents is 5. The summed E-state index contributed by atoms with van der Waals surface area (Å²) < 4.78 is 13.0. The van der Waals surface area contributed by atoms with Gasteiger partial charge in [0.05, 0.1) is 5.56 Å². The van der Waals surface area contributed by atoms with Gasteiger partial charge in [0, 0.05) is 32.7 Å². The molecule has 12 rings (SSSR count). The van der Waals surface area contributed by atoms with Crippen molar-refractivity contribution in [2.45, 2.75) is 0 Å². The highest BCUT2D eigenvalue weighted by atomic mass is 16.4. The highest BCUT2D eigenvalue weighted by Crippen LogP contribution is 2.58. The molecular weight excluding hydrogens is 761 g/mol. The summed E-state index contributed by atoms with van der Waals surface area (Å²) in [5.74, 6) is -4.36. The van der Waals surface area contributed by atoms with Crippen molar-refractivity contribution in [3.8, 4) is 73.3 Å². The van der Waals surface area contributed by atoms with Crippen molar-refractivity contribution in [2.24, 2.45) is 0 Å². The van der Waals surface area contributed by atoms with Gasteiger partial charge in [0.25, 0.3) is 0 Å². The SMILES string of the molecule is Oc1c(O)c(O)c(-c2c3ccccc3c(-c3cc(-c4cccc5oc6ccc(-c7cccc8c7oc7ccccc78)cc6c45)c4ccccc4c3)c3ccccc23)c(O)c1O. The fraction of sp³-hybridized carbons (Fsp3) is 0. The van der Waals surface area contributed by atoms with Crippen LogP contribution in [0.4, 0.5) is 0 Å². The molecule has 290 valence electrons. The van der Waals surface area contributed by atoms with Gasteiger partial charge in [-0.05, 0) is 96.5 Å². The highest BCUT2D eigenvalue weighted by Gasteiger charge is 2.28. The molecule has 0 spiro atoms. The molecule has 0 saturated carbocycles. The minimum atomic E-state index is -1.01. The Bertz CT molecular complexity index is 3750. The molecule has 0 aliphatic carbocycles. The zero-order chi connectivity index (χ0) is 41.1. The van der Waals surface area contributed by atoms with Crippen LogP contribution in [0.1, 0.15) is 0 Å². The Balaban J connectivity index is 1.13. The van der Waals surface area contributed by atoms with Crippen LogP contribution in [0.5, 0.6) is 28.7 Å². The number of hydrogen-bond acceptors (Lipinski definition) is 7. The molecule has 0 unspecified atom stereocenters. The summed E-state index contributed by atoms with van der Waals surface area (Å²) in [5.41, 5.74) is 9.28. The number of para-hydroxylation sites is 2. The molecule has 0 radical (unpaired) electrons. The second-order valence-corrected chi connectivity index (χ2v) is 15.5. The van der Waals surface area contributed by atoms with Crippen LogP contribution in [0.25, 0.3) is 121 Å². The standard InChI is InChI=1S/C54H32O7/c55-49-48(50(56)52(58)53(59)51(49)57)47-36-16-5-3-14-34(36)45(35-15-4-6-17-37(35)47)30-25-28-11-1-2-12-31(28)40(27-30)38-19-10-22-44-46(38)41-26-29(23-24-43(41)60-44)32-18-9-20-39-33-13-7-8-21-42(33)61-54(32)39/h1-27,55-59H. The van der Waals surface area contributed by atoms with Crippen LogP contribution in [0, 0.1) is 0 Å². The van der Waals surface area contributed by atoms with Crippen LogP contribution in [0.3, 0.4) is 0 Å². The van der Waals surface area contributed by atoms with Gasteiger partial charge in [-0.15, -0.1) is 0 Å². The molecule has 0 amide bonds. The Morgan fingerprint density at radius 3 is 1.56 bits per heavy atom. The van der Waals surface area contributed by atoms with Crippen LogP contribution in [0.15, 0.2) is 173 Å². The largest absolute Gasteiger partial charge is 0.504 e. The molecule has 0 atom stereocenters. The Morgan fingerprint density at radius 1 is 0.295 bits per heavy atom. The molecule has 12 aromatic rings. The summed E-state index contributed by atoms with van der Waals surface area (Å²) in [5, 5.41) is 63.2. The maximum atomic E-state index is 11.2. The van der Waals surface area contributed by atoms with Gasteiger partial charge in [-0.1, -0.05) is 127 Å². The van der Waals surface area contributed by atoms with E-state index in [9.17, 15) is 25.5 Å². The van der Waals surface area contributed by atoms with E-state index in [0.717, 1.165) is 98.8 Å². The molecule has 2 heterocycles. The van der Waals surface area contributed by atoms with Crippen molar-refractivity contribution < 1.29 is 34.4 Å². The lowest BCUT2D eigenvalue weighted by Crippen LogP contribution is -1.93. The van der Waals surface area contributed by atoms with Crippen molar-refractivity contribution in [3.63, 3.8) is 0 Å². The Hall–Kier alpha value is -8.42. The van der Waals surface area contributed by atoms with Gasteiger partial charge < -0.3 is 34.4 Å². The Morgan fingerprint density at radius 2 is 0.836 bits per heavy atom. The summed E-state index contributed by atoms with van der Waals surface area (Å²) in [4.78, 5) is 0. The maximum Gasteiger partial charge on any atom is 0.208 e. The van der Waals surface area contributed by atoms with Crippen LogP contribution in [0.2, 0.25) is 0 Å². The number of hydrogen-bond donors (Lipinski definition) is 5. The van der Waals surface area contributed by atoms with E-state index >= 15 is 0 Å². The zero-order valence-corrected chi connectivity index (χ0v) is 32.1. The zero-order valence-electron chi connectivity index (χ0n) is 32.1. The van der Waals surface area contributed by atoms with E-state index in [2.05, 4.69) is 66.7 Å². The van der Waals surface area contributed by atoms with Gasteiger partial charge in [-0.25, -0.2) is 0 Å². The number of phenols is 5. The van der Waals surface area contributed by atoms with E-state index in [-0.39, 0.29) is 5.56 Å². The first-order chi connectivity index (χ1) is 29.9. The van der Waals surface area contributed by atoms with Crippen LogP contribution < -0.4 is 0 Å². The van der Waals surface area contributed by atoms with Gasteiger partial charge in [0.1, 0.15) is 22.3 Å². The molecule has 7 heteroatoms. The van der Waals surface area contributed by atoms with Gasteiger partial charge in [-0.3, -0.25) is 0 Å². The number of aromatic hydroxyl groups is 5. The summed E-state index contributed by atoms with van der Waals surface area (Å²) in [6, 6.07) is 54.9. The third kappa shape index (κ3) is 4.92. The number of furan rings is 2. The molecular formula is C54H32O7. The van der Waals surface area contributed by atoms with E-state index in [4.69, 9.17) is 8.83 Å². The van der Waals surface area contributed by atoms with Gasteiger partial charge >= 0.3 is 0 Å². The highest BCUT2D eigenvalue weighted by molar-refractivity contribution is 6.24. The topological polar surface area (TPSA) is 127 Å². The normalized spacial score (nSPS) is 11.9. The lowest BCUT2D eigenvalue weighted by molar-refractivity contribution is 0.330. The number of benzene rings is 10. The molecule has 7 nitrogen and oxygen atoms in total. The lowest BCUT2D eigenvalue weighted by Gasteiger charge is -2.20. The van der Waals surface area contributed by atoms with E-state index in [1.807, 2.05) is 97.1 Å². The average Bonchev–Trinajstić information content (AvgIpc) is 3.88. The predicted octanol–water partition coefficient (Wildman–Crippen LogP) is 14.1. The van der Waals surface area contributed by atoms with Gasteiger partial charge in [0.2, 0.25) is 17.2 Å². The molecule has 0 aliphatic rings. The van der Waals surface area contributed by atoms with Gasteiger partial charge in [-0.2, -0.15) is 0 Å². The molecule has 61 heavy (non-hydrogen) atoms. The summed E-state index contributed by atoms with van der Waals surface area (Å²) in [7, 11) is 0. The van der Waals surface area contributed by atoms with Crippen molar-refractivity contribution in [2.75, 3.05) is 0 Å². The first kappa shape index (κ1) is 34.6. The molecule has 0 aliphatic heterocycles. The van der Waals surface area contributed by atoms with Crippen LogP contribution in [-0.2, 0) is 0 Å². The van der Waals surface area contributed by atoms with E-state index < -0.39 is 28.7 Å². The van der Waals surface area contributed by atoms with E-state index in [1.165, 1.54) is 0 Å².